The lowest BCUT2D eigenvalue weighted by Gasteiger charge is -2.36. The Kier molecular flexibility index (Phi) is 3.70. The smallest absolute Gasteiger partial charge is 0.128 e. The van der Waals surface area contributed by atoms with Gasteiger partial charge in [0.2, 0.25) is 0 Å². The molecule has 3 atom stereocenters. The monoisotopic (exact) mass is 293 g/mol. The number of alkyl halides is 1. The molecule has 2 aliphatic rings. The van der Waals surface area contributed by atoms with Crippen LogP contribution in [0.15, 0.2) is 6.20 Å². The molecule has 2 bridgehead atoms. The van der Waals surface area contributed by atoms with Crippen molar-refractivity contribution in [2.45, 2.75) is 46.0 Å². The summed E-state index contributed by atoms with van der Waals surface area (Å²) in [4.78, 5) is 4.69. The molecule has 0 spiro atoms. The van der Waals surface area contributed by atoms with Gasteiger partial charge in [-0.05, 0) is 56.8 Å². The molecule has 2 aliphatic carbocycles. The van der Waals surface area contributed by atoms with Gasteiger partial charge in [0.25, 0.3) is 0 Å². The minimum Gasteiger partial charge on any atom is -0.496 e. The third-order valence-corrected chi connectivity index (χ3v) is 6.17. The van der Waals surface area contributed by atoms with Crippen LogP contribution in [0.1, 0.15) is 42.5 Å². The van der Waals surface area contributed by atoms with E-state index in [4.69, 9.17) is 16.3 Å². The van der Waals surface area contributed by atoms with Crippen molar-refractivity contribution in [3.05, 3.63) is 23.0 Å². The maximum Gasteiger partial charge on any atom is 0.128 e. The molecule has 2 saturated carbocycles. The van der Waals surface area contributed by atoms with E-state index in [9.17, 15) is 0 Å². The van der Waals surface area contributed by atoms with Gasteiger partial charge in [-0.3, -0.25) is 4.98 Å². The molecule has 0 saturated heterocycles. The number of nitrogens with zero attached hydrogens (tertiary/aromatic N) is 1. The maximum absolute atomic E-state index is 6.41. The first kappa shape index (κ1) is 14.2. The van der Waals surface area contributed by atoms with E-state index >= 15 is 0 Å². The summed E-state index contributed by atoms with van der Waals surface area (Å²) >= 11 is 6.41. The molecule has 0 aliphatic heterocycles. The van der Waals surface area contributed by atoms with Crippen LogP contribution < -0.4 is 4.74 Å². The molecule has 0 amide bonds. The van der Waals surface area contributed by atoms with E-state index in [1.165, 1.54) is 36.9 Å². The Bertz CT molecular complexity index is 516. The lowest BCUT2D eigenvalue weighted by Crippen LogP contribution is -2.32. The van der Waals surface area contributed by atoms with Crippen LogP contribution in [-0.4, -0.2) is 18.0 Å². The van der Waals surface area contributed by atoms with Crippen molar-refractivity contribution in [2.24, 2.45) is 17.3 Å². The Balaban J connectivity index is 1.91. The first-order chi connectivity index (χ1) is 9.59. The molecule has 3 rings (SSSR count). The summed E-state index contributed by atoms with van der Waals surface area (Å²) < 4.78 is 5.54. The van der Waals surface area contributed by atoms with Crippen LogP contribution in [0, 0.1) is 31.1 Å². The Morgan fingerprint density at radius 1 is 1.40 bits per heavy atom. The molecule has 2 fully saturated rings. The Hall–Kier alpha value is -0.760. The summed E-state index contributed by atoms with van der Waals surface area (Å²) in [7, 11) is 1.74. The van der Waals surface area contributed by atoms with E-state index in [-0.39, 0.29) is 5.41 Å². The Morgan fingerprint density at radius 2 is 2.20 bits per heavy atom. The average molecular weight is 294 g/mol. The zero-order valence-corrected chi connectivity index (χ0v) is 13.5. The van der Waals surface area contributed by atoms with Gasteiger partial charge in [-0.15, -0.1) is 11.6 Å². The van der Waals surface area contributed by atoms with Gasteiger partial charge in [-0.1, -0.05) is 6.42 Å². The third kappa shape index (κ3) is 2.13. The van der Waals surface area contributed by atoms with Crippen LogP contribution >= 0.6 is 11.6 Å². The highest BCUT2D eigenvalue weighted by atomic mass is 35.5. The van der Waals surface area contributed by atoms with Crippen molar-refractivity contribution >= 4 is 11.6 Å². The van der Waals surface area contributed by atoms with E-state index < -0.39 is 0 Å². The largest absolute Gasteiger partial charge is 0.496 e. The number of hydrogen-bond donors (Lipinski definition) is 0. The topological polar surface area (TPSA) is 22.1 Å². The van der Waals surface area contributed by atoms with Gasteiger partial charge in [0.1, 0.15) is 5.75 Å². The van der Waals surface area contributed by atoms with Gasteiger partial charge in [-0.25, -0.2) is 0 Å². The van der Waals surface area contributed by atoms with Crippen LogP contribution in [0.3, 0.4) is 0 Å². The number of rotatable bonds is 4. The number of aromatic nitrogens is 1. The first-order valence-electron chi connectivity index (χ1n) is 7.64. The van der Waals surface area contributed by atoms with E-state index in [0.29, 0.717) is 0 Å². The predicted molar refractivity (Wildman–Crippen MR) is 82.6 cm³/mol. The lowest BCUT2D eigenvalue weighted by atomic mass is 9.71. The molecule has 20 heavy (non-hydrogen) atoms. The van der Waals surface area contributed by atoms with Crippen molar-refractivity contribution in [1.29, 1.82) is 0 Å². The SMILES string of the molecule is COc1c(C)cnc(CC2(CCl)CC3CCC2C3)c1C. The minimum absolute atomic E-state index is 0.280. The zero-order valence-electron chi connectivity index (χ0n) is 12.7. The van der Waals surface area contributed by atoms with E-state index in [0.717, 1.165) is 35.4 Å². The summed E-state index contributed by atoms with van der Waals surface area (Å²) in [6.07, 6.45) is 8.40. The van der Waals surface area contributed by atoms with E-state index in [1.54, 1.807) is 7.11 Å². The van der Waals surface area contributed by atoms with Gasteiger partial charge in [0.15, 0.2) is 0 Å². The summed E-state index contributed by atoms with van der Waals surface area (Å²) in [6.45, 7) is 4.18. The molecule has 2 nitrogen and oxygen atoms in total. The number of methoxy groups -OCH3 is 1. The normalized spacial score (nSPS) is 31.8. The van der Waals surface area contributed by atoms with Gasteiger partial charge in [-0.2, -0.15) is 0 Å². The lowest BCUT2D eigenvalue weighted by molar-refractivity contribution is 0.191. The molecular weight excluding hydrogens is 270 g/mol. The summed E-state index contributed by atoms with van der Waals surface area (Å²) in [5.41, 5.74) is 3.77. The molecule has 3 unspecified atom stereocenters. The third-order valence-electron chi connectivity index (χ3n) is 5.64. The molecule has 3 heteroatoms. The minimum atomic E-state index is 0.280. The second kappa shape index (κ2) is 5.22. The standard InChI is InChI=1S/C17H24ClNO/c1-11-9-19-15(12(2)16(11)20-3)8-17(10-18)7-13-4-5-14(17)6-13/h9,13-14H,4-8,10H2,1-3H3. The average Bonchev–Trinajstić information content (AvgIpc) is 3.04. The van der Waals surface area contributed by atoms with E-state index in [2.05, 4.69) is 18.8 Å². The highest BCUT2D eigenvalue weighted by Crippen LogP contribution is 2.57. The summed E-state index contributed by atoms with van der Waals surface area (Å²) in [6, 6.07) is 0. The van der Waals surface area contributed by atoms with Crippen molar-refractivity contribution in [1.82, 2.24) is 4.98 Å². The second-order valence-corrected chi connectivity index (χ2v) is 7.07. The number of hydrogen-bond acceptors (Lipinski definition) is 2. The molecule has 1 heterocycles. The molecule has 1 aromatic heterocycles. The van der Waals surface area contributed by atoms with Crippen LogP contribution in [-0.2, 0) is 6.42 Å². The fourth-order valence-corrected chi connectivity index (χ4v) is 4.99. The summed E-state index contributed by atoms with van der Waals surface area (Å²) in [5.74, 6) is 3.47. The van der Waals surface area contributed by atoms with Gasteiger partial charge in [0, 0.05) is 28.9 Å². The van der Waals surface area contributed by atoms with Crippen LogP contribution in [0.2, 0.25) is 0 Å². The van der Waals surface area contributed by atoms with Crippen molar-refractivity contribution in [2.75, 3.05) is 13.0 Å². The number of ether oxygens (including phenoxy) is 1. The van der Waals surface area contributed by atoms with Gasteiger partial charge < -0.3 is 4.74 Å². The molecule has 110 valence electrons. The van der Waals surface area contributed by atoms with Crippen LogP contribution in [0.5, 0.6) is 5.75 Å². The Labute approximate surface area is 126 Å². The van der Waals surface area contributed by atoms with Gasteiger partial charge >= 0.3 is 0 Å². The molecule has 0 N–H and O–H groups in total. The van der Waals surface area contributed by atoms with Crippen molar-refractivity contribution in [3.63, 3.8) is 0 Å². The highest BCUT2D eigenvalue weighted by molar-refractivity contribution is 6.18. The molecule has 1 aromatic rings. The van der Waals surface area contributed by atoms with E-state index in [1.807, 2.05) is 6.20 Å². The quantitative estimate of drug-likeness (QED) is 0.772. The molecule has 0 radical (unpaired) electrons. The van der Waals surface area contributed by atoms with Crippen LogP contribution in [0.25, 0.3) is 0 Å². The number of fused-ring (bicyclic) bond motifs is 2. The highest BCUT2D eigenvalue weighted by Gasteiger charge is 2.50. The van der Waals surface area contributed by atoms with Crippen molar-refractivity contribution in [3.8, 4) is 5.75 Å². The fourth-order valence-electron chi connectivity index (χ4n) is 4.57. The van der Waals surface area contributed by atoms with Crippen molar-refractivity contribution < 1.29 is 4.74 Å². The van der Waals surface area contributed by atoms with Gasteiger partial charge in [0.05, 0.1) is 7.11 Å². The second-order valence-electron chi connectivity index (χ2n) is 6.80. The number of pyridine rings is 1. The maximum atomic E-state index is 6.41. The summed E-state index contributed by atoms with van der Waals surface area (Å²) in [5, 5.41) is 0. The molecular formula is C17H24ClNO. The number of halogens is 1. The Morgan fingerprint density at radius 3 is 2.75 bits per heavy atom. The van der Waals surface area contributed by atoms with Crippen LogP contribution in [0.4, 0.5) is 0 Å². The number of aryl methyl sites for hydroxylation is 1. The first-order valence-corrected chi connectivity index (χ1v) is 8.18. The fraction of sp³-hybridized carbons (Fsp3) is 0.706. The molecule has 0 aromatic carbocycles. The predicted octanol–water partition coefficient (Wildman–Crippen LogP) is 4.29. The zero-order chi connectivity index (χ0) is 14.3.